The van der Waals surface area contributed by atoms with Gasteiger partial charge in [0.25, 0.3) is 5.69 Å². The summed E-state index contributed by atoms with van der Waals surface area (Å²) in [7, 11) is -1.68. The number of nitro benzene ring substituents is 1. The van der Waals surface area contributed by atoms with E-state index in [1.165, 1.54) is 23.7 Å². The summed E-state index contributed by atoms with van der Waals surface area (Å²) >= 11 is 7.52. The van der Waals surface area contributed by atoms with Gasteiger partial charge in [-0.05, 0) is 117 Å². The molecule has 14 heteroatoms. The summed E-state index contributed by atoms with van der Waals surface area (Å²) in [6.45, 7) is 9.20. The van der Waals surface area contributed by atoms with Crippen molar-refractivity contribution in [2.75, 3.05) is 35.8 Å². The average molecular weight is 823 g/mol. The molecule has 0 spiro atoms. The molecule has 3 N–H and O–H groups in total. The Kier molecular flexibility index (Phi) is 12.1. The first-order valence-corrected chi connectivity index (χ1v) is 21.0. The minimum Gasteiger partial charge on any atom is -0.478 e. The van der Waals surface area contributed by atoms with Gasteiger partial charge in [0.05, 0.1) is 21.1 Å². The van der Waals surface area contributed by atoms with Crippen molar-refractivity contribution in [2.45, 2.75) is 49.4 Å². The number of nitrogens with one attached hydrogen (secondary N) is 2. The molecule has 1 aliphatic carbocycles. The number of anilines is 2. The average Bonchev–Trinajstić information content (AvgIpc) is 3.54. The van der Waals surface area contributed by atoms with Crippen molar-refractivity contribution in [2.24, 2.45) is 0 Å². The van der Waals surface area contributed by atoms with E-state index in [1.54, 1.807) is 12.1 Å². The molecule has 0 radical (unpaired) electrons. The van der Waals surface area contributed by atoms with Gasteiger partial charge in [-0.2, -0.15) is 0 Å². The Morgan fingerprint density at radius 2 is 1.61 bits per heavy atom. The molecule has 294 valence electrons. The number of allylic oxidation sites excluding steroid dienone is 4. The standard InChI is InChI=1S/C43H43ClN6O5S2/c1-28(2)49-29(3)40(43(51)52)41(42(49)30-12-14-32(44)15-13-30)31-8-7-9-35(26-31)48-24-22-47(23-25-48)34-18-16-33(17-19-34)46-57(55)37-20-21-38(39(27-37)50(53)54)45-56-36-10-5-4-6-11-36/h4-16,18,20-21,26-28,45-46H,17,19,22-25H2,1-3H3,(H,51,52). The highest BCUT2D eigenvalue weighted by molar-refractivity contribution is 8.00. The van der Waals surface area contributed by atoms with E-state index in [9.17, 15) is 24.2 Å². The lowest BCUT2D eigenvalue weighted by atomic mass is 9.96. The molecule has 0 bridgehead atoms. The number of carboxylic acids is 1. The summed E-state index contributed by atoms with van der Waals surface area (Å²) in [5.74, 6) is -0.958. The van der Waals surface area contributed by atoms with Crippen LogP contribution in [0.25, 0.3) is 22.4 Å². The van der Waals surface area contributed by atoms with E-state index in [4.69, 9.17) is 11.6 Å². The number of aromatic carboxylic acids is 1. The minimum absolute atomic E-state index is 0.0331. The van der Waals surface area contributed by atoms with Gasteiger partial charge in [0.1, 0.15) is 16.7 Å². The third-order valence-corrected chi connectivity index (χ3v) is 12.4. The first-order chi connectivity index (χ1) is 27.5. The van der Waals surface area contributed by atoms with E-state index < -0.39 is 21.9 Å². The number of benzene rings is 4. The highest BCUT2D eigenvalue weighted by Crippen LogP contribution is 2.42. The molecule has 11 nitrogen and oxygen atoms in total. The van der Waals surface area contributed by atoms with Gasteiger partial charge in [-0.3, -0.25) is 10.1 Å². The fraction of sp³-hybridized carbons (Fsp3) is 0.233. The lowest BCUT2D eigenvalue weighted by Crippen LogP contribution is -2.46. The van der Waals surface area contributed by atoms with Gasteiger partial charge in [-0.15, -0.1) is 0 Å². The summed E-state index contributed by atoms with van der Waals surface area (Å²) in [6, 6.07) is 29.8. The van der Waals surface area contributed by atoms with Crippen LogP contribution in [0.2, 0.25) is 5.02 Å². The van der Waals surface area contributed by atoms with E-state index >= 15 is 0 Å². The second-order valence-corrected chi connectivity index (χ2v) is 16.7. The van der Waals surface area contributed by atoms with E-state index in [1.807, 2.05) is 79.7 Å². The predicted octanol–water partition coefficient (Wildman–Crippen LogP) is 10.1. The molecule has 1 saturated heterocycles. The van der Waals surface area contributed by atoms with Crippen LogP contribution in [0.1, 0.15) is 48.8 Å². The monoisotopic (exact) mass is 822 g/mol. The van der Waals surface area contributed by atoms with E-state index in [0.29, 0.717) is 38.8 Å². The van der Waals surface area contributed by atoms with E-state index in [0.717, 1.165) is 65.7 Å². The van der Waals surface area contributed by atoms with Crippen molar-refractivity contribution < 1.29 is 19.0 Å². The third-order valence-electron chi connectivity index (χ3n) is 10.2. The summed E-state index contributed by atoms with van der Waals surface area (Å²) in [4.78, 5) is 30.2. The SMILES string of the molecule is Cc1c(C(=O)O)c(-c2cccc(N3CCN(C4=CC=C(NS(=O)c5ccc(NSc6ccccc6)c([N+](=O)[O-])c5)CC4)CC3)c2)c(-c2ccc(Cl)cc2)n1C(C)C. The lowest BCUT2D eigenvalue weighted by molar-refractivity contribution is -0.384. The normalized spacial score (nSPS) is 14.9. The van der Waals surface area contributed by atoms with Crippen LogP contribution in [0.5, 0.6) is 0 Å². The minimum atomic E-state index is -1.68. The molecule has 1 aromatic heterocycles. The highest BCUT2D eigenvalue weighted by Gasteiger charge is 2.29. The number of carbonyl (C=O) groups is 1. The van der Waals surface area contributed by atoms with Crippen LogP contribution in [-0.4, -0.2) is 55.9 Å². The number of aromatic nitrogens is 1. The summed E-state index contributed by atoms with van der Waals surface area (Å²) in [6.07, 6.45) is 5.43. The second kappa shape index (κ2) is 17.3. The summed E-state index contributed by atoms with van der Waals surface area (Å²) in [5.41, 5.74) is 7.54. The molecular weight excluding hydrogens is 780 g/mol. The van der Waals surface area contributed by atoms with Gasteiger partial charge in [0.2, 0.25) is 0 Å². The van der Waals surface area contributed by atoms with Gasteiger partial charge < -0.3 is 28.9 Å². The van der Waals surface area contributed by atoms with Crippen molar-refractivity contribution in [3.63, 3.8) is 0 Å². The Morgan fingerprint density at radius 3 is 2.26 bits per heavy atom. The van der Waals surface area contributed by atoms with Crippen LogP contribution in [0, 0.1) is 17.0 Å². The summed E-state index contributed by atoms with van der Waals surface area (Å²) < 4.78 is 21.5. The number of nitrogens with zero attached hydrogens (tertiary/aromatic N) is 4. The molecule has 1 unspecified atom stereocenters. The fourth-order valence-electron chi connectivity index (χ4n) is 7.52. The molecule has 0 saturated carbocycles. The maximum atomic E-state index is 13.3. The van der Waals surface area contributed by atoms with Crippen molar-refractivity contribution in [3.8, 4) is 22.4 Å². The molecule has 1 fully saturated rings. The Hall–Kier alpha value is -5.50. The molecule has 2 heterocycles. The Morgan fingerprint density at radius 1 is 0.895 bits per heavy atom. The molecule has 1 aliphatic heterocycles. The van der Waals surface area contributed by atoms with Crippen LogP contribution in [0.3, 0.4) is 0 Å². The first-order valence-electron chi connectivity index (χ1n) is 18.7. The quantitative estimate of drug-likeness (QED) is 0.0603. The Labute approximate surface area is 343 Å². The van der Waals surface area contributed by atoms with Crippen molar-refractivity contribution in [1.82, 2.24) is 14.2 Å². The molecular formula is C43H43ClN6O5S2. The zero-order chi connectivity index (χ0) is 40.2. The van der Waals surface area contributed by atoms with Crippen LogP contribution < -0.4 is 14.3 Å². The van der Waals surface area contributed by atoms with Gasteiger partial charge in [-0.25, -0.2) is 9.00 Å². The number of rotatable bonds is 13. The predicted molar refractivity (Wildman–Crippen MR) is 230 cm³/mol. The van der Waals surface area contributed by atoms with E-state index in [-0.39, 0.29) is 11.7 Å². The Bertz CT molecular complexity index is 2390. The molecule has 1 atom stereocenters. The maximum Gasteiger partial charge on any atom is 0.338 e. The smallest absolute Gasteiger partial charge is 0.338 e. The highest BCUT2D eigenvalue weighted by atomic mass is 35.5. The Balaban J connectivity index is 1.02. The van der Waals surface area contributed by atoms with E-state index in [2.05, 4.69) is 55.9 Å². The van der Waals surface area contributed by atoms with Gasteiger partial charge in [0, 0.05) is 76.5 Å². The topological polar surface area (TPSA) is 133 Å². The zero-order valence-electron chi connectivity index (χ0n) is 31.8. The van der Waals surface area contributed by atoms with Gasteiger partial charge in [0.15, 0.2) is 0 Å². The zero-order valence-corrected chi connectivity index (χ0v) is 34.2. The van der Waals surface area contributed by atoms with Crippen LogP contribution in [-0.2, 0) is 11.0 Å². The molecule has 7 rings (SSSR count). The third kappa shape index (κ3) is 8.75. The molecule has 2 aliphatic rings. The van der Waals surface area contributed by atoms with Crippen molar-refractivity contribution in [3.05, 3.63) is 147 Å². The number of carboxylic acid groups (broad SMARTS) is 1. The number of piperazine rings is 1. The van der Waals surface area contributed by atoms with Crippen LogP contribution in [0.15, 0.2) is 130 Å². The van der Waals surface area contributed by atoms with Crippen molar-refractivity contribution >= 4 is 57.6 Å². The lowest BCUT2D eigenvalue weighted by Gasteiger charge is -2.39. The van der Waals surface area contributed by atoms with Crippen LogP contribution >= 0.6 is 23.5 Å². The summed E-state index contributed by atoms with van der Waals surface area (Å²) in [5, 5.41) is 23.0. The van der Waals surface area contributed by atoms with Gasteiger partial charge in [-0.1, -0.05) is 54.1 Å². The largest absolute Gasteiger partial charge is 0.478 e. The number of hydrogen-bond acceptors (Lipinski definition) is 8. The van der Waals surface area contributed by atoms with Crippen molar-refractivity contribution in [1.29, 1.82) is 0 Å². The molecule has 5 aromatic rings. The first kappa shape index (κ1) is 39.7. The number of halogens is 1. The molecule has 0 amide bonds. The number of nitro groups is 1. The molecule has 57 heavy (non-hydrogen) atoms. The van der Waals surface area contributed by atoms with Crippen LogP contribution in [0.4, 0.5) is 17.1 Å². The van der Waals surface area contributed by atoms with Gasteiger partial charge >= 0.3 is 5.97 Å². The maximum absolute atomic E-state index is 13.3. The number of hydrogen-bond donors (Lipinski definition) is 3. The second-order valence-electron chi connectivity index (χ2n) is 14.2. The fourth-order valence-corrected chi connectivity index (χ4v) is 9.27. The molecule has 4 aromatic carbocycles.